The van der Waals surface area contributed by atoms with Gasteiger partial charge in [0, 0.05) is 0 Å². The van der Waals surface area contributed by atoms with Crippen molar-refractivity contribution in [2.24, 2.45) is 0 Å². The third-order valence-electron chi connectivity index (χ3n) is 3.58. The van der Waals surface area contributed by atoms with Gasteiger partial charge in [0.15, 0.2) is 0 Å². The van der Waals surface area contributed by atoms with Crippen molar-refractivity contribution in [2.45, 2.75) is 25.9 Å². The molecule has 0 amide bonds. The second-order valence-electron chi connectivity index (χ2n) is 5.89. The molecule has 0 N–H and O–H groups in total. The standard InChI is InChI=1S/C19H20N4O3S/c1-4-25-16-5-7-17(8-6-16)26-18(24)12-27-19-20-21-22-23(19)15-10-13(2)9-14(3)11-15/h5-11H,4,12H2,1-3H3. The van der Waals surface area contributed by atoms with Gasteiger partial charge >= 0.3 is 5.97 Å². The minimum Gasteiger partial charge on any atom is -0.494 e. The third kappa shape index (κ3) is 5.07. The van der Waals surface area contributed by atoms with Crippen molar-refractivity contribution in [1.82, 2.24) is 20.2 Å². The molecule has 0 aliphatic carbocycles. The molecule has 0 saturated heterocycles. The summed E-state index contributed by atoms with van der Waals surface area (Å²) in [5.41, 5.74) is 3.09. The Hall–Kier alpha value is -2.87. The van der Waals surface area contributed by atoms with E-state index < -0.39 is 0 Å². The highest BCUT2D eigenvalue weighted by Crippen LogP contribution is 2.22. The molecular formula is C19H20N4O3S. The molecule has 0 radical (unpaired) electrons. The van der Waals surface area contributed by atoms with E-state index in [1.807, 2.05) is 32.9 Å². The number of hydrogen-bond donors (Lipinski definition) is 0. The van der Waals surface area contributed by atoms with Gasteiger partial charge in [-0.2, -0.15) is 4.68 Å². The zero-order chi connectivity index (χ0) is 19.2. The van der Waals surface area contributed by atoms with Crippen LogP contribution in [0.1, 0.15) is 18.1 Å². The van der Waals surface area contributed by atoms with Crippen LogP contribution in [0.5, 0.6) is 11.5 Å². The Labute approximate surface area is 161 Å². The monoisotopic (exact) mass is 384 g/mol. The Morgan fingerprint density at radius 3 is 2.41 bits per heavy atom. The molecule has 3 rings (SSSR count). The number of thioether (sulfide) groups is 1. The summed E-state index contributed by atoms with van der Waals surface area (Å²) < 4.78 is 12.3. The SMILES string of the molecule is CCOc1ccc(OC(=O)CSc2nnnn2-c2cc(C)cc(C)c2)cc1. The number of esters is 1. The summed E-state index contributed by atoms with van der Waals surface area (Å²) in [6.07, 6.45) is 0. The van der Waals surface area contributed by atoms with Crippen molar-refractivity contribution in [3.05, 3.63) is 53.6 Å². The second-order valence-corrected chi connectivity index (χ2v) is 6.83. The van der Waals surface area contributed by atoms with E-state index in [0.717, 1.165) is 22.6 Å². The number of aromatic nitrogens is 4. The average molecular weight is 384 g/mol. The molecule has 0 unspecified atom stereocenters. The third-order valence-corrected chi connectivity index (χ3v) is 4.47. The fraction of sp³-hybridized carbons (Fsp3) is 0.263. The van der Waals surface area contributed by atoms with Crippen molar-refractivity contribution in [3.63, 3.8) is 0 Å². The van der Waals surface area contributed by atoms with Crippen LogP contribution in [0.3, 0.4) is 0 Å². The average Bonchev–Trinajstić information content (AvgIpc) is 3.10. The fourth-order valence-electron chi connectivity index (χ4n) is 2.56. The van der Waals surface area contributed by atoms with E-state index in [0.29, 0.717) is 17.5 Å². The van der Waals surface area contributed by atoms with Crippen molar-refractivity contribution < 1.29 is 14.3 Å². The molecular weight excluding hydrogens is 364 g/mol. The highest BCUT2D eigenvalue weighted by atomic mass is 32.2. The van der Waals surface area contributed by atoms with Crippen LogP contribution >= 0.6 is 11.8 Å². The molecule has 0 fully saturated rings. The number of aryl methyl sites for hydroxylation is 2. The van der Waals surface area contributed by atoms with Gasteiger partial charge in [-0.1, -0.05) is 17.8 Å². The van der Waals surface area contributed by atoms with Gasteiger partial charge in [0.2, 0.25) is 5.16 Å². The summed E-state index contributed by atoms with van der Waals surface area (Å²) in [6, 6.07) is 13.0. The molecule has 140 valence electrons. The van der Waals surface area contributed by atoms with E-state index >= 15 is 0 Å². The molecule has 0 bridgehead atoms. The van der Waals surface area contributed by atoms with Gasteiger partial charge in [-0.25, -0.2) is 0 Å². The van der Waals surface area contributed by atoms with Crippen molar-refractivity contribution in [1.29, 1.82) is 0 Å². The maximum atomic E-state index is 12.1. The minimum absolute atomic E-state index is 0.0956. The van der Waals surface area contributed by atoms with Crippen molar-refractivity contribution in [3.8, 4) is 17.2 Å². The molecule has 2 aromatic carbocycles. The molecule has 0 aliphatic rings. The number of hydrogen-bond acceptors (Lipinski definition) is 7. The van der Waals surface area contributed by atoms with Crippen LogP contribution in [0.15, 0.2) is 47.6 Å². The van der Waals surface area contributed by atoms with Crippen LogP contribution in [0, 0.1) is 13.8 Å². The first-order valence-corrected chi connectivity index (χ1v) is 9.47. The summed E-state index contributed by atoms with van der Waals surface area (Å²) in [5.74, 6) is 0.926. The van der Waals surface area contributed by atoms with Gasteiger partial charge in [0.25, 0.3) is 0 Å². The Balaban J connectivity index is 1.62. The van der Waals surface area contributed by atoms with Crippen LogP contribution in [-0.2, 0) is 4.79 Å². The predicted octanol–water partition coefficient (Wildman–Crippen LogP) is 3.38. The van der Waals surface area contributed by atoms with Crippen LogP contribution in [-0.4, -0.2) is 38.5 Å². The number of benzene rings is 2. The number of carbonyl (C=O) groups excluding carboxylic acids is 1. The summed E-state index contributed by atoms with van der Waals surface area (Å²) in [6.45, 7) is 6.53. The van der Waals surface area contributed by atoms with Crippen molar-refractivity contribution >= 4 is 17.7 Å². The molecule has 1 aromatic heterocycles. The molecule has 0 saturated carbocycles. The van der Waals surface area contributed by atoms with Gasteiger partial charge in [-0.15, -0.1) is 5.10 Å². The van der Waals surface area contributed by atoms with Gasteiger partial charge in [-0.3, -0.25) is 4.79 Å². The van der Waals surface area contributed by atoms with Crippen LogP contribution in [0.25, 0.3) is 5.69 Å². The van der Waals surface area contributed by atoms with Crippen molar-refractivity contribution in [2.75, 3.05) is 12.4 Å². The first-order chi connectivity index (χ1) is 13.0. The summed E-state index contributed by atoms with van der Waals surface area (Å²) in [4.78, 5) is 12.1. The summed E-state index contributed by atoms with van der Waals surface area (Å²) in [5, 5.41) is 12.3. The minimum atomic E-state index is -0.376. The molecule has 0 spiro atoms. The molecule has 0 aliphatic heterocycles. The zero-order valence-electron chi connectivity index (χ0n) is 15.4. The molecule has 8 heteroatoms. The largest absolute Gasteiger partial charge is 0.494 e. The lowest BCUT2D eigenvalue weighted by Crippen LogP contribution is -2.11. The lowest BCUT2D eigenvalue weighted by molar-refractivity contribution is -0.131. The van der Waals surface area contributed by atoms with Gasteiger partial charge in [-0.05, 0) is 78.7 Å². The first kappa shape index (κ1) is 18.9. The smallest absolute Gasteiger partial charge is 0.321 e. The number of nitrogens with zero attached hydrogens (tertiary/aromatic N) is 4. The van der Waals surface area contributed by atoms with E-state index in [4.69, 9.17) is 9.47 Å². The quantitative estimate of drug-likeness (QED) is 0.351. The maximum absolute atomic E-state index is 12.1. The van der Waals surface area contributed by atoms with Gasteiger partial charge in [0.1, 0.15) is 11.5 Å². The Bertz CT molecular complexity index is 905. The van der Waals surface area contributed by atoms with Gasteiger partial charge < -0.3 is 9.47 Å². The highest BCUT2D eigenvalue weighted by Gasteiger charge is 2.13. The van der Waals surface area contributed by atoms with E-state index in [9.17, 15) is 4.79 Å². The first-order valence-electron chi connectivity index (χ1n) is 8.48. The maximum Gasteiger partial charge on any atom is 0.321 e. The lowest BCUT2D eigenvalue weighted by Gasteiger charge is -2.07. The second kappa shape index (κ2) is 8.68. The topological polar surface area (TPSA) is 79.1 Å². The van der Waals surface area contributed by atoms with E-state index in [1.165, 1.54) is 11.8 Å². The molecule has 27 heavy (non-hydrogen) atoms. The number of tetrazole rings is 1. The normalized spacial score (nSPS) is 10.6. The Kier molecular flexibility index (Phi) is 6.08. The van der Waals surface area contributed by atoms with Gasteiger partial charge in [0.05, 0.1) is 18.0 Å². The number of carbonyl (C=O) groups is 1. The van der Waals surface area contributed by atoms with Crippen LogP contribution in [0.4, 0.5) is 0 Å². The Morgan fingerprint density at radius 2 is 1.74 bits per heavy atom. The van der Waals surface area contributed by atoms with Crippen LogP contribution in [0.2, 0.25) is 0 Å². The highest BCUT2D eigenvalue weighted by molar-refractivity contribution is 7.99. The number of rotatable bonds is 7. The van der Waals surface area contributed by atoms with E-state index in [-0.39, 0.29) is 11.7 Å². The molecule has 7 nitrogen and oxygen atoms in total. The number of ether oxygens (including phenoxy) is 2. The zero-order valence-corrected chi connectivity index (χ0v) is 16.2. The van der Waals surface area contributed by atoms with Crippen LogP contribution < -0.4 is 9.47 Å². The molecule has 0 atom stereocenters. The van der Waals surface area contributed by atoms with E-state index in [1.54, 1.807) is 28.9 Å². The van der Waals surface area contributed by atoms with E-state index in [2.05, 4.69) is 21.6 Å². The fourth-order valence-corrected chi connectivity index (χ4v) is 3.22. The summed E-state index contributed by atoms with van der Waals surface area (Å²) in [7, 11) is 0. The summed E-state index contributed by atoms with van der Waals surface area (Å²) >= 11 is 1.23. The Morgan fingerprint density at radius 1 is 1.07 bits per heavy atom. The molecule has 1 heterocycles. The predicted molar refractivity (Wildman–Crippen MR) is 103 cm³/mol. The lowest BCUT2D eigenvalue weighted by atomic mass is 10.1. The molecule has 3 aromatic rings.